The van der Waals surface area contributed by atoms with Gasteiger partial charge in [-0.15, -0.1) is 0 Å². The van der Waals surface area contributed by atoms with E-state index in [2.05, 4.69) is 0 Å². The molecule has 1 aromatic heterocycles. The number of rotatable bonds is 5. The maximum absolute atomic E-state index is 14.8. The first-order chi connectivity index (χ1) is 12.5. The van der Waals surface area contributed by atoms with E-state index >= 15 is 0 Å². The van der Waals surface area contributed by atoms with Crippen molar-refractivity contribution in [3.05, 3.63) is 38.8 Å². The summed E-state index contributed by atoms with van der Waals surface area (Å²) in [5.74, 6) is -0.0964. The molecule has 140 valence electrons. The van der Waals surface area contributed by atoms with E-state index in [1.165, 1.54) is 6.07 Å². The minimum atomic E-state index is -0.473. The van der Waals surface area contributed by atoms with Gasteiger partial charge in [-0.25, -0.2) is 9.18 Å². The first-order valence-electron chi connectivity index (χ1n) is 9.18. The van der Waals surface area contributed by atoms with Crippen LogP contribution >= 0.6 is 0 Å². The minimum Gasteiger partial charge on any atom is -0.369 e. The molecule has 1 aliphatic heterocycles. The van der Waals surface area contributed by atoms with Crippen LogP contribution in [0.4, 0.5) is 10.1 Å². The highest BCUT2D eigenvalue weighted by molar-refractivity contribution is 5.83. The number of nitrogens with zero attached hydrogens (tertiary/aromatic N) is 3. The Kier molecular flexibility index (Phi) is 4.32. The van der Waals surface area contributed by atoms with Gasteiger partial charge in [0.15, 0.2) is 0 Å². The van der Waals surface area contributed by atoms with Crippen LogP contribution in [0.1, 0.15) is 25.3 Å². The molecule has 4 rings (SSSR count). The molecule has 1 atom stereocenters. The zero-order chi connectivity index (χ0) is 18.4. The molecule has 2 heterocycles. The first kappa shape index (κ1) is 17.2. The summed E-state index contributed by atoms with van der Waals surface area (Å²) in [6.07, 6.45) is 2.70. The van der Waals surface area contributed by atoms with Gasteiger partial charge in [0.25, 0.3) is 5.56 Å². The van der Waals surface area contributed by atoms with Gasteiger partial charge in [0.1, 0.15) is 5.82 Å². The Labute approximate surface area is 150 Å². The molecule has 1 aliphatic carbocycles. The van der Waals surface area contributed by atoms with Crippen LogP contribution < -0.4 is 27.6 Å². The number of hydrogen-bond acceptors (Lipinski definition) is 5. The van der Waals surface area contributed by atoms with Crippen molar-refractivity contribution in [3.8, 4) is 0 Å². The van der Waals surface area contributed by atoms with Crippen molar-refractivity contribution in [1.82, 2.24) is 9.13 Å². The zero-order valence-electron chi connectivity index (χ0n) is 14.7. The van der Waals surface area contributed by atoms with E-state index in [0.29, 0.717) is 30.2 Å². The van der Waals surface area contributed by atoms with Crippen LogP contribution in [0.25, 0.3) is 10.9 Å². The fourth-order valence-corrected chi connectivity index (χ4v) is 3.88. The number of aromatic nitrogens is 2. The standard InChI is InChI=1S/C18H24FN5O2/c19-14-7-13-15(8-16(14)22-5-3-11(9-21)10-22)24(12-1-2-12)18(26)23(6-4-20)17(13)25/h7-8,11-12H,1-6,9-10,20-21H2/t11-/m0/s1. The molecule has 0 spiro atoms. The lowest BCUT2D eigenvalue weighted by Gasteiger charge is -2.21. The Balaban J connectivity index is 1.92. The number of hydrogen-bond donors (Lipinski definition) is 2. The zero-order valence-corrected chi connectivity index (χ0v) is 14.7. The fraction of sp³-hybridized carbons (Fsp3) is 0.556. The number of fused-ring (bicyclic) bond motifs is 1. The lowest BCUT2D eigenvalue weighted by Crippen LogP contribution is -2.41. The molecule has 1 saturated carbocycles. The van der Waals surface area contributed by atoms with Crippen molar-refractivity contribution in [2.24, 2.45) is 17.4 Å². The highest BCUT2D eigenvalue weighted by atomic mass is 19.1. The Hall–Kier alpha value is -2.19. The Morgan fingerprint density at radius 2 is 1.92 bits per heavy atom. The third-order valence-electron chi connectivity index (χ3n) is 5.46. The average Bonchev–Trinajstić information content (AvgIpc) is 3.35. The number of anilines is 1. The van der Waals surface area contributed by atoms with E-state index in [1.807, 2.05) is 4.90 Å². The molecule has 26 heavy (non-hydrogen) atoms. The lowest BCUT2D eigenvalue weighted by atomic mass is 10.1. The molecule has 7 nitrogen and oxygen atoms in total. The van der Waals surface area contributed by atoms with Crippen molar-refractivity contribution in [2.75, 3.05) is 31.1 Å². The van der Waals surface area contributed by atoms with E-state index in [1.54, 1.807) is 10.6 Å². The van der Waals surface area contributed by atoms with Crippen LogP contribution in [0, 0.1) is 11.7 Å². The van der Waals surface area contributed by atoms with Crippen molar-refractivity contribution in [3.63, 3.8) is 0 Å². The molecule has 0 amide bonds. The van der Waals surface area contributed by atoms with Gasteiger partial charge in [-0.1, -0.05) is 0 Å². The van der Waals surface area contributed by atoms with Gasteiger partial charge < -0.3 is 16.4 Å². The third kappa shape index (κ3) is 2.73. The second kappa shape index (κ2) is 6.51. The molecular formula is C18H24FN5O2. The van der Waals surface area contributed by atoms with E-state index in [4.69, 9.17) is 11.5 Å². The minimum absolute atomic E-state index is 0.0725. The summed E-state index contributed by atoms with van der Waals surface area (Å²) < 4.78 is 17.6. The van der Waals surface area contributed by atoms with Crippen LogP contribution in [0.5, 0.6) is 0 Å². The average molecular weight is 361 g/mol. The molecule has 2 aromatic rings. The van der Waals surface area contributed by atoms with Crippen LogP contribution in [-0.2, 0) is 6.54 Å². The summed E-state index contributed by atoms with van der Waals surface area (Å²) in [5.41, 5.74) is 11.4. The largest absolute Gasteiger partial charge is 0.369 e. The molecular weight excluding hydrogens is 337 g/mol. The first-order valence-corrected chi connectivity index (χ1v) is 9.18. The van der Waals surface area contributed by atoms with Gasteiger partial charge in [-0.05, 0) is 43.9 Å². The normalized spacial score (nSPS) is 20.3. The monoisotopic (exact) mass is 361 g/mol. The summed E-state index contributed by atoms with van der Waals surface area (Å²) in [6, 6.07) is 3.01. The SMILES string of the molecule is NCCn1c(=O)c2cc(F)c(N3CC[C@@H](CN)C3)cc2n(C2CC2)c1=O. The molecule has 0 radical (unpaired) electrons. The Morgan fingerprint density at radius 3 is 2.54 bits per heavy atom. The van der Waals surface area contributed by atoms with E-state index < -0.39 is 11.4 Å². The van der Waals surface area contributed by atoms with Gasteiger partial charge in [0.05, 0.1) is 16.6 Å². The Bertz CT molecular complexity index is 963. The second-order valence-electron chi connectivity index (χ2n) is 7.29. The quantitative estimate of drug-likeness (QED) is 0.802. The van der Waals surface area contributed by atoms with Crippen molar-refractivity contribution in [2.45, 2.75) is 31.8 Å². The highest BCUT2D eigenvalue weighted by Crippen LogP contribution is 2.37. The van der Waals surface area contributed by atoms with Crippen LogP contribution in [0.15, 0.2) is 21.7 Å². The van der Waals surface area contributed by atoms with Crippen molar-refractivity contribution >= 4 is 16.6 Å². The predicted octanol–water partition coefficient (Wildman–Crippen LogP) is 0.381. The highest BCUT2D eigenvalue weighted by Gasteiger charge is 2.30. The maximum Gasteiger partial charge on any atom is 0.331 e. The van der Waals surface area contributed by atoms with Gasteiger partial charge >= 0.3 is 5.69 Å². The van der Waals surface area contributed by atoms with Crippen molar-refractivity contribution in [1.29, 1.82) is 0 Å². The number of halogens is 1. The topological polar surface area (TPSA) is 99.3 Å². The summed E-state index contributed by atoms with van der Waals surface area (Å²) in [7, 11) is 0. The molecule has 1 aromatic carbocycles. The van der Waals surface area contributed by atoms with Crippen molar-refractivity contribution < 1.29 is 4.39 Å². The summed E-state index contributed by atoms with van der Waals surface area (Å²) in [6.45, 7) is 2.30. The Morgan fingerprint density at radius 1 is 1.15 bits per heavy atom. The number of benzene rings is 1. The van der Waals surface area contributed by atoms with Crippen LogP contribution in [0.2, 0.25) is 0 Å². The summed E-state index contributed by atoms with van der Waals surface area (Å²) in [5, 5.41) is 0.237. The molecule has 2 aliphatic rings. The van der Waals surface area contributed by atoms with Gasteiger partial charge in [-0.3, -0.25) is 13.9 Å². The molecule has 1 saturated heterocycles. The number of nitrogens with two attached hydrogens (primary N) is 2. The van der Waals surface area contributed by atoms with Crippen LogP contribution in [0.3, 0.4) is 0 Å². The van der Waals surface area contributed by atoms with E-state index in [9.17, 15) is 14.0 Å². The van der Waals surface area contributed by atoms with Gasteiger partial charge in [0, 0.05) is 32.2 Å². The smallest absolute Gasteiger partial charge is 0.331 e. The molecule has 0 unspecified atom stereocenters. The lowest BCUT2D eigenvalue weighted by molar-refractivity contribution is 0.579. The van der Waals surface area contributed by atoms with Gasteiger partial charge in [-0.2, -0.15) is 0 Å². The predicted molar refractivity (Wildman–Crippen MR) is 99.1 cm³/mol. The van der Waals surface area contributed by atoms with Crippen LogP contribution in [-0.4, -0.2) is 35.3 Å². The molecule has 8 heteroatoms. The third-order valence-corrected chi connectivity index (χ3v) is 5.46. The molecule has 2 fully saturated rings. The van der Waals surface area contributed by atoms with E-state index in [0.717, 1.165) is 30.4 Å². The summed E-state index contributed by atoms with van der Waals surface area (Å²) in [4.78, 5) is 27.5. The fourth-order valence-electron chi connectivity index (χ4n) is 3.88. The summed E-state index contributed by atoms with van der Waals surface area (Å²) >= 11 is 0. The molecule has 4 N–H and O–H groups in total. The molecule has 0 bridgehead atoms. The van der Waals surface area contributed by atoms with Gasteiger partial charge in [0.2, 0.25) is 0 Å². The van der Waals surface area contributed by atoms with E-state index in [-0.39, 0.29) is 30.2 Å². The maximum atomic E-state index is 14.8. The second-order valence-corrected chi connectivity index (χ2v) is 7.29.